The van der Waals surface area contributed by atoms with Crippen molar-refractivity contribution in [3.05, 3.63) is 52.9 Å². The largest absolute Gasteiger partial charge is 0.370 e. The first kappa shape index (κ1) is 11.9. The van der Waals surface area contributed by atoms with Gasteiger partial charge in [-0.25, -0.2) is 9.97 Å². The smallest absolute Gasteiger partial charge is 0.129 e. The van der Waals surface area contributed by atoms with Crippen molar-refractivity contribution >= 4 is 17.4 Å². The first-order chi connectivity index (χ1) is 8.24. The van der Waals surface area contributed by atoms with Gasteiger partial charge in [0, 0.05) is 17.8 Å². The number of rotatable bonds is 4. The van der Waals surface area contributed by atoms with E-state index in [4.69, 9.17) is 11.6 Å². The van der Waals surface area contributed by atoms with Gasteiger partial charge in [0.25, 0.3) is 0 Å². The second kappa shape index (κ2) is 5.64. The summed E-state index contributed by atoms with van der Waals surface area (Å²) in [5, 5.41) is 4.04. The fraction of sp³-hybridized carbons (Fsp3) is 0.231. The molecule has 0 aliphatic carbocycles. The van der Waals surface area contributed by atoms with E-state index in [0.717, 1.165) is 29.6 Å². The van der Waals surface area contributed by atoms with Gasteiger partial charge < -0.3 is 5.32 Å². The predicted molar refractivity (Wildman–Crippen MR) is 70.4 cm³/mol. The highest BCUT2D eigenvalue weighted by Gasteiger charge is 1.96. The molecule has 17 heavy (non-hydrogen) atoms. The Labute approximate surface area is 106 Å². The molecule has 1 aromatic heterocycles. The van der Waals surface area contributed by atoms with Gasteiger partial charge in [-0.05, 0) is 37.1 Å². The van der Waals surface area contributed by atoms with Gasteiger partial charge in [-0.2, -0.15) is 0 Å². The molecule has 1 heterocycles. The molecular formula is C13H14ClN3. The van der Waals surface area contributed by atoms with Gasteiger partial charge in [-0.1, -0.05) is 23.7 Å². The molecule has 0 spiro atoms. The Kier molecular flexibility index (Phi) is 3.94. The summed E-state index contributed by atoms with van der Waals surface area (Å²) in [5.41, 5.74) is 1.26. The minimum Gasteiger partial charge on any atom is -0.370 e. The van der Waals surface area contributed by atoms with E-state index in [1.54, 1.807) is 6.20 Å². The van der Waals surface area contributed by atoms with Crippen LogP contribution in [0.1, 0.15) is 11.4 Å². The molecule has 88 valence electrons. The summed E-state index contributed by atoms with van der Waals surface area (Å²) < 4.78 is 0. The zero-order chi connectivity index (χ0) is 12.1. The standard InChI is InChI=1S/C13H14ClN3/c1-10-15-9-7-13(17-10)16-8-6-11-2-4-12(14)5-3-11/h2-5,7,9H,6,8H2,1H3,(H,15,16,17). The van der Waals surface area contributed by atoms with Gasteiger partial charge in [-0.3, -0.25) is 0 Å². The average Bonchev–Trinajstić information content (AvgIpc) is 2.32. The van der Waals surface area contributed by atoms with Crippen molar-refractivity contribution in [1.29, 1.82) is 0 Å². The number of nitrogens with one attached hydrogen (secondary N) is 1. The SMILES string of the molecule is Cc1nccc(NCCc2ccc(Cl)cc2)n1. The topological polar surface area (TPSA) is 37.8 Å². The number of nitrogens with zero attached hydrogens (tertiary/aromatic N) is 2. The molecule has 0 bridgehead atoms. The fourth-order valence-corrected chi connectivity index (χ4v) is 1.67. The van der Waals surface area contributed by atoms with Crippen LogP contribution in [0.15, 0.2) is 36.5 Å². The highest BCUT2D eigenvalue weighted by molar-refractivity contribution is 6.30. The van der Waals surface area contributed by atoms with E-state index in [1.807, 2.05) is 37.3 Å². The zero-order valence-electron chi connectivity index (χ0n) is 9.65. The summed E-state index contributed by atoms with van der Waals surface area (Å²) in [5.74, 6) is 1.65. The Morgan fingerprint density at radius 1 is 1.18 bits per heavy atom. The van der Waals surface area contributed by atoms with Crippen molar-refractivity contribution in [3.63, 3.8) is 0 Å². The third-order valence-electron chi connectivity index (χ3n) is 2.41. The molecule has 1 aromatic carbocycles. The Morgan fingerprint density at radius 3 is 2.65 bits per heavy atom. The van der Waals surface area contributed by atoms with E-state index < -0.39 is 0 Å². The van der Waals surface area contributed by atoms with Gasteiger partial charge in [-0.15, -0.1) is 0 Å². The molecule has 0 saturated carbocycles. The first-order valence-corrected chi connectivity index (χ1v) is 5.90. The van der Waals surface area contributed by atoms with Crippen molar-refractivity contribution < 1.29 is 0 Å². The van der Waals surface area contributed by atoms with Crippen LogP contribution in [0.4, 0.5) is 5.82 Å². The molecule has 1 N–H and O–H groups in total. The molecule has 0 fully saturated rings. The Balaban J connectivity index is 1.85. The van der Waals surface area contributed by atoms with E-state index in [0.29, 0.717) is 0 Å². The zero-order valence-corrected chi connectivity index (χ0v) is 10.4. The van der Waals surface area contributed by atoms with E-state index in [-0.39, 0.29) is 0 Å². The quantitative estimate of drug-likeness (QED) is 0.902. The van der Waals surface area contributed by atoms with Crippen LogP contribution < -0.4 is 5.32 Å². The number of halogens is 1. The molecule has 3 nitrogen and oxygen atoms in total. The van der Waals surface area contributed by atoms with Crippen LogP contribution in [0.5, 0.6) is 0 Å². The maximum atomic E-state index is 5.83. The summed E-state index contributed by atoms with van der Waals surface area (Å²) in [6.07, 6.45) is 2.70. The number of aromatic nitrogens is 2. The molecular weight excluding hydrogens is 234 g/mol. The van der Waals surface area contributed by atoms with Crippen LogP contribution in [0.2, 0.25) is 5.02 Å². The monoisotopic (exact) mass is 247 g/mol. The summed E-state index contributed by atoms with van der Waals surface area (Å²) >= 11 is 5.83. The highest BCUT2D eigenvalue weighted by Crippen LogP contribution is 2.10. The summed E-state index contributed by atoms with van der Waals surface area (Å²) in [6.45, 7) is 2.72. The van der Waals surface area contributed by atoms with E-state index in [1.165, 1.54) is 5.56 Å². The van der Waals surface area contributed by atoms with E-state index in [2.05, 4.69) is 15.3 Å². The number of anilines is 1. The molecule has 0 atom stereocenters. The van der Waals surface area contributed by atoms with Crippen molar-refractivity contribution in [2.45, 2.75) is 13.3 Å². The molecule has 0 amide bonds. The molecule has 0 saturated heterocycles. The molecule has 0 unspecified atom stereocenters. The highest BCUT2D eigenvalue weighted by atomic mass is 35.5. The van der Waals surface area contributed by atoms with Crippen molar-refractivity contribution in [1.82, 2.24) is 9.97 Å². The third-order valence-corrected chi connectivity index (χ3v) is 2.66. The van der Waals surface area contributed by atoms with Crippen LogP contribution in [0, 0.1) is 6.92 Å². The Bertz CT molecular complexity index is 482. The van der Waals surface area contributed by atoms with Crippen molar-refractivity contribution in [2.75, 3.05) is 11.9 Å². The normalized spacial score (nSPS) is 10.2. The van der Waals surface area contributed by atoms with Crippen molar-refractivity contribution in [3.8, 4) is 0 Å². The van der Waals surface area contributed by atoms with E-state index >= 15 is 0 Å². The minimum absolute atomic E-state index is 0.771. The lowest BCUT2D eigenvalue weighted by molar-refractivity contribution is 0.981. The lowest BCUT2D eigenvalue weighted by Crippen LogP contribution is -2.06. The van der Waals surface area contributed by atoms with Crippen LogP contribution in [0.3, 0.4) is 0 Å². The predicted octanol–water partition coefficient (Wildman–Crippen LogP) is 3.09. The van der Waals surface area contributed by atoms with E-state index in [9.17, 15) is 0 Å². The molecule has 0 aliphatic heterocycles. The van der Waals surface area contributed by atoms with Gasteiger partial charge in [0.05, 0.1) is 0 Å². The molecule has 2 rings (SSSR count). The summed E-state index contributed by atoms with van der Waals surface area (Å²) in [4.78, 5) is 8.33. The molecule has 2 aromatic rings. The molecule has 0 radical (unpaired) electrons. The Hall–Kier alpha value is -1.61. The maximum Gasteiger partial charge on any atom is 0.129 e. The van der Waals surface area contributed by atoms with Crippen LogP contribution in [-0.4, -0.2) is 16.5 Å². The van der Waals surface area contributed by atoms with Gasteiger partial charge in [0.1, 0.15) is 11.6 Å². The fourth-order valence-electron chi connectivity index (χ4n) is 1.54. The first-order valence-electron chi connectivity index (χ1n) is 5.52. The van der Waals surface area contributed by atoms with Crippen LogP contribution in [0.25, 0.3) is 0 Å². The lowest BCUT2D eigenvalue weighted by Gasteiger charge is -2.05. The summed E-state index contributed by atoms with van der Waals surface area (Å²) in [6, 6.07) is 9.76. The molecule has 4 heteroatoms. The van der Waals surface area contributed by atoms with Crippen LogP contribution >= 0.6 is 11.6 Å². The number of hydrogen-bond acceptors (Lipinski definition) is 3. The second-order valence-corrected chi connectivity index (χ2v) is 4.23. The second-order valence-electron chi connectivity index (χ2n) is 3.79. The van der Waals surface area contributed by atoms with Crippen LogP contribution in [-0.2, 0) is 6.42 Å². The lowest BCUT2D eigenvalue weighted by atomic mass is 10.1. The Morgan fingerprint density at radius 2 is 1.94 bits per heavy atom. The molecule has 0 aliphatic rings. The van der Waals surface area contributed by atoms with Gasteiger partial charge in [0.15, 0.2) is 0 Å². The minimum atomic E-state index is 0.771. The number of benzene rings is 1. The third kappa shape index (κ3) is 3.71. The van der Waals surface area contributed by atoms with Gasteiger partial charge >= 0.3 is 0 Å². The average molecular weight is 248 g/mol. The summed E-state index contributed by atoms with van der Waals surface area (Å²) in [7, 11) is 0. The maximum absolute atomic E-state index is 5.83. The van der Waals surface area contributed by atoms with Crippen molar-refractivity contribution in [2.24, 2.45) is 0 Å². The van der Waals surface area contributed by atoms with Gasteiger partial charge in [0.2, 0.25) is 0 Å². The number of hydrogen-bond donors (Lipinski definition) is 1. The number of aryl methyl sites for hydroxylation is 1.